The molecule has 0 aromatic heterocycles. The molecule has 0 atom stereocenters. The first-order valence-corrected chi connectivity index (χ1v) is 7.72. The minimum absolute atomic E-state index is 0.144. The lowest BCUT2D eigenvalue weighted by atomic mass is 10.2. The van der Waals surface area contributed by atoms with Gasteiger partial charge in [0.1, 0.15) is 0 Å². The summed E-state index contributed by atoms with van der Waals surface area (Å²) >= 11 is 4.82. The Bertz CT molecular complexity index is 617. The molecule has 2 N–H and O–H groups in total. The number of benzene rings is 2. The average Bonchev–Trinajstić information content (AvgIpc) is 2.46. The van der Waals surface area contributed by atoms with Crippen molar-refractivity contribution in [2.75, 3.05) is 0 Å². The molecule has 2 aromatic rings. The molecule has 2 rings (SSSR count). The molecule has 0 saturated carbocycles. The largest absolute Gasteiger partial charge is 0.326 e. The second-order valence-electron chi connectivity index (χ2n) is 4.17. The molecule has 6 heteroatoms. The van der Waals surface area contributed by atoms with Crippen LogP contribution in [0.4, 0.5) is 5.69 Å². The molecule has 0 radical (unpaired) electrons. The summed E-state index contributed by atoms with van der Waals surface area (Å²) in [7, 11) is 0. The SMILES string of the molecule is NCc1ccc(SCc2ccc(Br)cc2[N+](=O)[O-])cc1. The van der Waals surface area contributed by atoms with E-state index in [-0.39, 0.29) is 10.6 Å². The highest BCUT2D eigenvalue weighted by molar-refractivity contribution is 9.10. The molecule has 4 nitrogen and oxygen atoms in total. The van der Waals surface area contributed by atoms with Gasteiger partial charge in [-0.05, 0) is 23.8 Å². The summed E-state index contributed by atoms with van der Waals surface area (Å²) in [6, 6.07) is 13.0. The Kier molecular flexibility index (Phi) is 5.17. The fourth-order valence-corrected chi connectivity index (χ4v) is 2.96. The Morgan fingerprint density at radius 1 is 1.20 bits per heavy atom. The van der Waals surface area contributed by atoms with Gasteiger partial charge >= 0.3 is 0 Å². The van der Waals surface area contributed by atoms with E-state index < -0.39 is 0 Å². The predicted octanol–water partition coefficient (Wildman–Crippen LogP) is 4.11. The summed E-state index contributed by atoms with van der Waals surface area (Å²) in [5.41, 5.74) is 7.48. The van der Waals surface area contributed by atoms with Crippen LogP contribution in [-0.2, 0) is 12.3 Å². The topological polar surface area (TPSA) is 69.2 Å². The Balaban J connectivity index is 2.12. The number of thioether (sulfide) groups is 1. The number of hydrogen-bond acceptors (Lipinski definition) is 4. The van der Waals surface area contributed by atoms with Crippen LogP contribution in [0.5, 0.6) is 0 Å². The Morgan fingerprint density at radius 2 is 1.90 bits per heavy atom. The van der Waals surface area contributed by atoms with E-state index >= 15 is 0 Å². The van der Waals surface area contributed by atoms with Crippen LogP contribution in [0, 0.1) is 10.1 Å². The van der Waals surface area contributed by atoms with Gasteiger partial charge in [0, 0.05) is 33.3 Å². The normalized spacial score (nSPS) is 10.5. The van der Waals surface area contributed by atoms with Crippen molar-refractivity contribution in [3.63, 3.8) is 0 Å². The summed E-state index contributed by atoms with van der Waals surface area (Å²) in [5.74, 6) is 0.561. The van der Waals surface area contributed by atoms with Crippen LogP contribution in [0.3, 0.4) is 0 Å². The first-order valence-electron chi connectivity index (χ1n) is 5.95. The molecule has 0 saturated heterocycles. The van der Waals surface area contributed by atoms with E-state index in [1.165, 1.54) is 6.07 Å². The second-order valence-corrected chi connectivity index (χ2v) is 6.13. The fourth-order valence-electron chi connectivity index (χ4n) is 1.71. The van der Waals surface area contributed by atoms with Gasteiger partial charge in [0.2, 0.25) is 0 Å². The van der Waals surface area contributed by atoms with E-state index in [1.54, 1.807) is 17.8 Å². The van der Waals surface area contributed by atoms with Gasteiger partial charge in [-0.25, -0.2) is 0 Å². The highest BCUT2D eigenvalue weighted by atomic mass is 79.9. The minimum Gasteiger partial charge on any atom is -0.326 e. The van der Waals surface area contributed by atoms with Gasteiger partial charge in [-0.3, -0.25) is 10.1 Å². The maximum atomic E-state index is 11.0. The van der Waals surface area contributed by atoms with Crippen LogP contribution >= 0.6 is 27.7 Å². The number of nitro benzene ring substituents is 1. The van der Waals surface area contributed by atoms with E-state index in [0.717, 1.165) is 10.5 Å². The summed E-state index contributed by atoms with van der Waals surface area (Å²) < 4.78 is 0.713. The summed E-state index contributed by atoms with van der Waals surface area (Å²) in [4.78, 5) is 11.8. The Labute approximate surface area is 129 Å². The third-order valence-corrected chi connectivity index (χ3v) is 4.35. The van der Waals surface area contributed by atoms with E-state index in [4.69, 9.17) is 5.73 Å². The van der Waals surface area contributed by atoms with Gasteiger partial charge in [0.15, 0.2) is 0 Å². The molecule has 0 aliphatic rings. The summed E-state index contributed by atoms with van der Waals surface area (Å²) in [5, 5.41) is 11.0. The van der Waals surface area contributed by atoms with Gasteiger partial charge < -0.3 is 5.73 Å². The highest BCUT2D eigenvalue weighted by Gasteiger charge is 2.14. The number of nitrogens with two attached hydrogens (primary N) is 1. The van der Waals surface area contributed by atoms with Crippen molar-refractivity contribution in [2.24, 2.45) is 5.73 Å². The van der Waals surface area contributed by atoms with Crippen molar-refractivity contribution in [2.45, 2.75) is 17.2 Å². The van der Waals surface area contributed by atoms with E-state index in [2.05, 4.69) is 15.9 Å². The van der Waals surface area contributed by atoms with E-state index in [1.807, 2.05) is 30.3 Å². The standard InChI is InChI=1S/C14H13BrN2O2S/c15-12-4-3-11(14(7-12)17(18)19)9-20-13-5-1-10(8-16)2-6-13/h1-7H,8-9,16H2. The van der Waals surface area contributed by atoms with Gasteiger partial charge in [-0.2, -0.15) is 0 Å². The van der Waals surface area contributed by atoms with Crippen LogP contribution in [0.2, 0.25) is 0 Å². The maximum absolute atomic E-state index is 11.0. The molecule has 0 spiro atoms. The van der Waals surface area contributed by atoms with Gasteiger partial charge in [-0.15, -0.1) is 11.8 Å². The first-order chi connectivity index (χ1) is 9.60. The van der Waals surface area contributed by atoms with Crippen molar-refractivity contribution in [1.82, 2.24) is 0 Å². The van der Waals surface area contributed by atoms with Crippen LogP contribution in [0.15, 0.2) is 51.8 Å². The second kappa shape index (κ2) is 6.88. The lowest BCUT2D eigenvalue weighted by Gasteiger charge is -2.05. The first kappa shape index (κ1) is 15.0. The number of halogens is 1. The van der Waals surface area contributed by atoms with Crippen molar-refractivity contribution in [3.05, 3.63) is 68.2 Å². The van der Waals surface area contributed by atoms with E-state index in [0.29, 0.717) is 22.3 Å². The molecule has 0 fully saturated rings. The molecule has 0 bridgehead atoms. The van der Waals surface area contributed by atoms with Crippen molar-refractivity contribution < 1.29 is 4.92 Å². The zero-order valence-electron chi connectivity index (χ0n) is 10.6. The predicted molar refractivity (Wildman–Crippen MR) is 84.7 cm³/mol. The third kappa shape index (κ3) is 3.82. The van der Waals surface area contributed by atoms with Gasteiger partial charge in [-0.1, -0.05) is 34.1 Å². The number of nitro groups is 1. The summed E-state index contributed by atoms with van der Waals surface area (Å²) in [6.07, 6.45) is 0. The van der Waals surface area contributed by atoms with Crippen molar-refractivity contribution in [1.29, 1.82) is 0 Å². The maximum Gasteiger partial charge on any atom is 0.274 e. The Morgan fingerprint density at radius 3 is 2.50 bits per heavy atom. The Hall–Kier alpha value is -1.37. The number of hydrogen-bond donors (Lipinski definition) is 1. The third-order valence-electron chi connectivity index (χ3n) is 2.80. The zero-order valence-corrected chi connectivity index (χ0v) is 13.0. The molecule has 0 unspecified atom stereocenters. The average molecular weight is 353 g/mol. The molecule has 0 aliphatic heterocycles. The van der Waals surface area contributed by atoms with Crippen molar-refractivity contribution >= 4 is 33.4 Å². The zero-order chi connectivity index (χ0) is 14.5. The monoisotopic (exact) mass is 352 g/mol. The smallest absolute Gasteiger partial charge is 0.274 e. The van der Waals surface area contributed by atoms with Crippen LogP contribution in [0.25, 0.3) is 0 Å². The summed E-state index contributed by atoms with van der Waals surface area (Å²) in [6.45, 7) is 0.517. The quantitative estimate of drug-likeness (QED) is 0.499. The molecule has 104 valence electrons. The molecular weight excluding hydrogens is 340 g/mol. The van der Waals surface area contributed by atoms with Crippen molar-refractivity contribution in [3.8, 4) is 0 Å². The van der Waals surface area contributed by atoms with E-state index in [9.17, 15) is 10.1 Å². The van der Waals surface area contributed by atoms with Crippen LogP contribution in [-0.4, -0.2) is 4.92 Å². The molecule has 20 heavy (non-hydrogen) atoms. The van der Waals surface area contributed by atoms with Gasteiger partial charge in [0.25, 0.3) is 5.69 Å². The molecule has 0 aliphatic carbocycles. The molecule has 0 heterocycles. The van der Waals surface area contributed by atoms with Crippen LogP contribution in [0.1, 0.15) is 11.1 Å². The number of nitrogens with zero attached hydrogens (tertiary/aromatic N) is 1. The molecule has 2 aromatic carbocycles. The highest BCUT2D eigenvalue weighted by Crippen LogP contribution is 2.30. The molecular formula is C14H13BrN2O2S. The van der Waals surface area contributed by atoms with Gasteiger partial charge in [0.05, 0.1) is 4.92 Å². The number of rotatable bonds is 5. The lowest BCUT2D eigenvalue weighted by Crippen LogP contribution is -1.95. The van der Waals surface area contributed by atoms with Crippen LogP contribution < -0.4 is 5.73 Å². The lowest BCUT2D eigenvalue weighted by molar-refractivity contribution is -0.385. The molecule has 0 amide bonds. The fraction of sp³-hybridized carbons (Fsp3) is 0.143. The minimum atomic E-state index is -0.349.